The summed E-state index contributed by atoms with van der Waals surface area (Å²) in [5.74, 6) is 0.300. The SMILES string of the molecule is CC1(C)C[C@@H](NC(=O)Nc2ccc(F)c3c2C[C@@H](O)C3)c2ccc(Cl)cc2O1. The maximum absolute atomic E-state index is 14.0. The first-order chi connectivity index (χ1) is 13.2. The number of fused-ring (bicyclic) bond motifs is 2. The molecule has 0 saturated heterocycles. The van der Waals surface area contributed by atoms with E-state index in [1.807, 2.05) is 19.9 Å². The number of nitrogens with one attached hydrogen (secondary N) is 2. The maximum Gasteiger partial charge on any atom is 0.319 e. The molecule has 2 amide bonds. The third-order valence-corrected chi connectivity index (χ3v) is 5.48. The van der Waals surface area contributed by atoms with Crippen molar-refractivity contribution in [2.24, 2.45) is 0 Å². The van der Waals surface area contributed by atoms with Crippen molar-refractivity contribution in [1.82, 2.24) is 5.32 Å². The second-order valence-electron chi connectivity index (χ2n) is 8.01. The standard InChI is InChI=1S/C21H22ClFN2O3/c1-21(2)10-18(13-4-3-11(22)7-19(13)28-21)25-20(27)24-17-6-5-16(23)14-8-12(26)9-15(14)17/h3-7,12,18,26H,8-10H2,1-2H3,(H2,24,25,27)/t12-,18+/m0/s1. The van der Waals surface area contributed by atoms with Crippen molar-refractivity contribution in [2.75, 3.05) is 5.32 Å². The molecule has 0 aromatic heterocycles. The molecule has 4 rings (SSSR count). The molecule has 1 heterocycles. The summed E-state index contributed by atoms with van der Waals surface area (Å²) in [5, 5.41) is 16.2. The van der Waals surface area contributed by atoms with Crippen LogP contribution in [0.25, 0.3) is 0 Å². The number of aliphatic hydroxyl groups excluding tert-OH is 1. The first kappa shape index (κ1) is 19.0. The molecule has 2 aromatic rings. The molecule has 2 aromatic carbocycles. The molecule has 0 saturated carbocycles. The molecule has 2 atom stereocenters. The Kier molecular flexibility index (Phi) is 4.71. The predicted molar refractivity (Wildman–Crippen MR) is 105 cm³/mol. The lowest BCUT2D eigenvalue weighted by Gasteiger charge is -2.38. The van der Waals surface area contributed by atoms with Gasteiger partial charge in [0.1, 0.15) is 17.2 Å². The maximum atomic E-state index is 14.0. The van der Waals surface area contributed by atoms with Crippen LogP contribution in [0.15, 0.2) is 30.3 Å². The highest BCUT2D eigenvalue weighted by molar-refractivity contribution is 6.30. The summed E-state index contributed by atoms with van der Waals surface area (Å²) >= 11 is 6.08. The number of urea groups is 1. The Balaban J connectivity index is 1.55. The van der Waals surface area contributed by atoms with Crippen molar-refractivity contribution in [3.63, 3.8) is 0 Å². The van der Waals surface area contributed by atoms with E-state index in [0.717, 1.165) is 5.56 Å². The molecule has 0 bridgehead atoms. The minimum Gasteiger partial charge on any atom is -0.487 e. The van der Waals surface area contributed by atoms with Crippen LogP contribution in [0.5, 0.6) is 5.75 Å². The van der Waals surface area contributed by atoms with Crippen molar-refractivity contribution in [1.29, 1.82) is 0 Å². The Morgan fingerprint density at radius 1 is 1.25 bits per heavy atom. The van der Waals surface area contributed by atoms with Crippen molar-refractivity contribution in [3.8, 4) is 5.75 Å². The summed E-state index contributed by atoms with van der Waals surface area (Å²) in [6.07, 6.45) is 0.563. The summed E-state index contributed by atoms with van der Waals surface area (Å²) in [7, 11) is 0. The average molecular weight is 405 g/mol. The Hall–Kier alpha value is -2.31. The van der Waals surface area contributed by atoms with Crippen LogP contribution in [-0.2, 0) is 12.8 Å². The topological polar surface area (TPSA) is 70.6 Å². The monoisotopic (exact) mass is 404 g/mol. The highest BCUT2D eigenvalue weighted by atomic mass is 35.5. The molecular formula is C21H22ClFN2O3. The van der Waals surface area contributed by atoms with E-state index < -0.39 is 17.7 Å². The van der Waals surface area contributed by atoms with Gasteiger partial charge in [-0.25, -0.2) is 9.18 Å². The summed E-state index contributed by atoms with van der Waals surface area (Å²) in [6, 6.07) is 7.58. The van der Waals surface area contributed by atoms with E-state index in [0.29, 0.717) is 40.4 Å². The van der Waals surface area contributed by atoms with Crippen LogP contribution in [-0.4, -0.2) is 22.8 Å². The molecule has 0 unspecified atom stereocenters. The normalized spacial score (nSPS) is 22.0. The number of ether oxygens (including phenoxy) is 1. The van der Waals surface area contributed by atoms with E-state index in [1.54, 1.807) is 12.1 Å². The van der Waals surface area contributed by atoms with E-state index in [1.165, 1.54) is 12.1 Å². The fraction of sp³-hybridized carbons (Fsp3) is 0.381. The Morgan fingerprint density at radius 2 is 2.00 bits per heavy atom. The molecule has 1 aliphatic heterocycles. The highest BCUT2D eigenvalue weighted by Gasteiger charge is 2.35. The third kappa shape index (κ3) is 3.66. The van der Waals surface area contributed by atoms with Gasteiger partial charge in [-0.05, 0) is 49.2 Å². The van der Waals surface area contributed by atoms with Crippen molar-refractivity contribution in [3.05, 3.63) is 57.9 Å². The lowest BCUT2D eigenvalue weighted by atomic mass is 9.90. The van der Waals surface area contributed by atoms with Gasteiger partial charge in [0.05, 0.1) is 12.1 Å². The van der Waals surface area contributed by atoms with E-state index in [9.17, 15) is 14.3 Å². The van der Waals surface area contributed by atoms with E-state index >= 15 is 0 Å². The van der Waals surface area contributed by atoms with Crippen LogP contribution >= 0.6 is 11.6 Å². The smallest absolute Gasteiger partial charge is 0.319 e. The van der Waals surface area contributed by atoms with Gasteiger partial charge in [0.2, 0.25) is 0 Å². The number of carbonyl (C=O) groups is 1. The summed E-state index contributed by atoms with van der Waals surface area (Å²) < 4.78 is 20.0. The number of anilines is 1. The molecule has 148 valence electrons. The van der Waals surface area contributed by atoms with Gasteiger partial charge in [-0.15, -0.1) is 0 Å². The number of hydrogen-bond donors (Lipinski definition) is 3. The zero-order chi connectivity index (χ0) is 20.1. The molecule has 2 aliphatic rings. The minimum absolute atomic E-state index is 0.255. The third-order valence-electron chi connectivity index (χ3n) is 5.24. The van der Waals surface area contributed by atoms with Crippen molar-refractivity contribution in [2.45, 2.75) is 50.9 Å². The number of benzene rings is 2. The average Bonchev–Trinajstić information content (AvgIpc) is 2.98. The number of amides is 2. The molecule has 3 N–H and O–H groups in total. The second-order valence-corrected chi connectivity index (χ2v) is 8.45. The summed E-state index contributed by atoms with van der Waals surface area (Å²) in [4.78, 5) is 12.7. The fourth-order valence-electron chi connectivity index (χ4n) is 4.05. The Labute approximate surface area is 167 Å². The van der Waals surface area contributed by atoms with Crippen LogP contribution < -0.4 is 15.4 Å². The van der Waals surface area contributed by atoms with Crippen LogP contribution in [0.1, 0.15) is 43.0 Å². The zero-order valence-electron chi connectivity index (χ0n) is 15.7. The van der Waals surface area contributed by atoms with Gasteiger partial charge in [0.25, 0.3) is 0 Å². The molecular weight excluding hydrogens is 383 g/mol. The van der Waals surface area contributed by atoms with Crippen molar-refractivity contribution >= 4 is 23.3 Å². The largest absolute Gasteiger partial charge is 0.487 e. The van der Waals surface area contributed by atoms with E-state index in [2.05, 4.69) is 10.6 Å². The second kappa shape index (κ2) is 6.94. The number of hydrogen-bond acceptors (Lipinski definition) is 3. The Bertz CT molecular complexity index is 947. The predicted octanol–water partition coefficient (Wildman–Crippen LogP) is 4.36. The van der Waals surface area contributed by atoms with Gasteiger partial charge < -0.3 is 20.5 Å². The van der Waals surface area contributed by atoms with Crippen LogP contribution in [0.4, 0.5) is 14.9 Å². The fourth-order valence-corrected chi connectivity index (χ4v) is 4.21. The molecule has 0 fully saturated rings. The molecule has 28 heavy (non-hydrogen) atoms. The number of aliphatic hydroxyl groups is 1. The lowest BCUT2D eigenvalue weighted by Crippen LogP contribution is -2.42. The van der Waals surface area contributed by atoms with Crippen molar-refractivity contribution < 1.29 is 19.0 Å². The Morgan fingerprint density at radius 3 is 2.79 bits per heavy atom. The quantitative estimate of drug-likeness (QED) is 0.696. The summed E-state index contributed by atoms with van der Waals surface area (Å²) in [5.41, 5.74) is 2.04. The molecule has 1 aliphatic carbocycles. The van der Waals surface area contributed by atoms with Gasteiger partial charge >= 0.3 is 6.03 Å². The molecule has 0 spiro atoms. The first-order valence-corrected chi connectivity index (χ1v) is 9.64. The highest BCUT2D eigenvalue weighted by Crippen LogP contribution is 2.40. The lowest BCUT2D eigenvalue weighted by molar-refractivity contribution is 0.0683. The van der Waals surface area contributed by atoms with E-state index in [4.69, 9.17) is 16.3 Å². The van der Waals surface area contributed by atoms with Gasteiger partial charge in [0, 0.05) is 35.5 Å². The minimum atomic E-state index is -0.622. The van der Waals surface area contributed by atoms with Crippen LogP contribution in [0.3, 0.4) is 0 Å². The van der Waals surface area contributed by atoms with Gasteiger partial charge in [-0.3, -0.25) is 0 Å². The van der Waals surface area contributed by atoms with Crippen LogP contribution in [0.2, 0.25) is 5.02 Å². The zero-order valence-corrected chi connectivity index (χ0v) is 16.4. The van der Waals surface area contributed by atoms with Gasteiger partial charge in [-0.1, -0.05) is 17.7 Å². The molecule has 7 heteroatoms. The number of carbonyl (C=O) groups excluding carboxylic acids is 1. The molecule has 5 nitrogen and oxygen atoms in total. The molecule has 0 radical (unpaired) electrons. The number of rotatable bonds is 2. The first-order valence-electron chi connectivity index (χ1n) is 9.26. The van der Waals surface area contributed by atoms with Gasteiger partial charge in [-0.2, -0.15) is 0 Å². The number of halogens is 2. The van der Waals surface area contributed by atoms with Crippen LogP contribution in [0, 0.1) is 5.82 Å². The van der Waals surface area contributed by atoms with E-state index in [-0.39, 0.29) is 18.3 Å². The summed E-state index contributed by atoms with van der Waals surface area (Å²) in [6.45, 7) is 3.91. The van der Waals surface area contributed by atoms with Gasteiger partial charge in [0.15, 0.2) is 0 Å².